The molecule has 0 fully saturated rings. The van der Waals surface area contributed by atoms with Crippen molar-refractivity contribution in [3.8, 4) is 22.4 Å². The van der Waals surface area contributed by atoms with Gasteiger partial charge < -0.3 is 10.3 Å². The number of nitrogens with zero attached hydrogens (tertiary/aromatic N) is 2. The molecule has 7 heteroatoms. The molecular weight excluding hydrogens is 300 g/mol. The molecule has 0 saturated carbocycles. The van der Waals surface area contributed by atoms with Gasteiger partial charge in [-0.1, -0.05) is 22.8 Å². The van der Waals surface area contributed by atoms with Crippen LogP contribution in [0.4, 0.5) is 14.7 Å². The molecule has 0 bridgehead atoms. The Labute approximate surface area is 123 Å². The van der Waals surface area contributed by atoms with Crippen molar-refractivity contribution in [1.29, 1.82) is 0 Å². The van der Waals surface area contributed by atoms with Crippen molar-refractivity contribution in [2.24, 2.45) is 0 Å². The largest absolute Gasteiger partial charge is 0.367 e. The summed E-state index contributed by atoms with van der Waals surface area (Å²) >= 11 is 6.03. The number of nitrogen functional groups attached to an aromatic ring is 1. The standard InChI is InChI=1S/C14H8ClF2N3O/c15-9-2-1-3-10(17)11(9)12-13(20-21-14(12)18)7-4-8(16)6-19-5-7/h1-6H,18H2. The minimum atomic E-state index is -0.581. The summed E-state index contributed by atoms with van der Waals surface area (Å²) in [6, 6.07) is 5.41. The summed E-state index contributed by atoms with van der Waals surface area (Å²) in [4.78, 5) is 3.73. The average molecular weight is 308 g/mol. The molecule has 106 valence electrons. The first-order valence-corrected chi connectivity index (χ1v) is 6.26. The first-order chi connectivity index (χ1) is 10.1. The van der Waals surface area contributed by atoms with Gasteiger partial charge in [0.05, 0.1) is 16.8 Å². The van der Waals surface area contributed by atoms with Crippen molar-refractivity contribution in [2.45, 2.75) is 0 Å². The monoisotopic (exact) mass is 307 g/mol. The number of rotatable bonds is 2. The number of hydrogen-bond donors (Lipinski definition) is 1. The van der Waals surface area contributed by atoms with Gasteiger partial charge in [-0.15, -0.1) is 0 Å². The molecular formula is C14H8ClF2N3O. The van der Waals surface area contributed by atoms with Gasteiger partial charge >= 0.3 is 0 Å². The summed E-state index contributed by atoms with van der Waals surface area (Å²) in [5, 5.41) is 3.90. The predicted molar refractivity (Wildman–Crippen MR) is 74.5 cm³/mol. The van der Waals surface area contributed by atoms with Crippen molar-refractivity contribution in [3.05, 3.63) is 53.3 Å². The molecule has 0 unspecified atom stereocenters. The van der Waals surface area contributed by atoms with E-state index in [2.05, 4.69) is 10.1 Å². The first kappa shape index (κ1) is 13.5. The lowest BCUT2D eigenvalue weighted by Crippen LogP contribution is -1.92. The van der Waals surface area contributed by atoms with Gasteiger partial charge in [-0.05, 0) is 18.2 Å². The van der Waals surface area contributed by atoms with Crippen LogP contribution in [-0.2, 0) is 0 Å². The summed E-state index contributed by atoms with van der Waals surface area (Å²) in [7, 11) is 0. The molecule has 3 rings (SSSR count). The van der Waals surface area contributed by atoms with E-state index in [1.165, 1.54) is 30.5 Å². The summed E-state index contributed by atoms with van der Waals surface area (Å²) in [5.41, 5.74) is 6.43. The third-order valence-corrected chi connectivity index (χ3v) is 3.22. The van der Waals surface area contributed by atoms with Crippen molar-refractivity contribution in [3.63, 3.8) is 0 Å². The highest BCUT2D eigenvalue weighted by atomic mass is 35.5. The number of halogens is 3. The molecule has 0 saturated heterocycles. The molecule has 21 heavy (non-hydrogen) atoms. The normalized spacial score (nSPS) is 10.8. The number of benzene rings is 1. The molecule has 0 aliphatic carbocycles. The van der Waals surface area contributed by atoms with Crippen LogP contribution in [0, 0.1) is 11.6 Å². The molecule has 2 aromatic heterocycles. The molecule has 0 aliphatic rings. The van der Waals surface area contributed by atoms with Crippen LogP contribution in [-0.4, -0.2) is 10.1 Å². The van der Waals surface area contributed by atoms with E-state index in [0.29, 0.717) is 5.56 Å². The van der Waals surface area contributed by atoms with Gasteiger partial charge in [0, 0.05) is 17.3 Å². The second-order valence-electron chi connectivity index (χ2n) is 4.26. The molecule has 4 nitrogen and oxygen atoms in total. The van der Waals surface area contributed by atoms with Crippen LogP contribution in [0.3, 0.4) is 0 Å². The Morgan fingerprint density at radius 1 is 1.14 bits per heavy atom. The summed E-state index contributed by atoms with van der Waals surface area (Å²) < 4.78 is 32.3. The van der Waals surface area contributed by atoms with E-state index >= 15 is 0 Å². The van der Waals surface area contributed by atoms with Crippen LogP contribution in [0.2, 0.25) is 5.02 Å². The van der Waals surface area contributed by atoms with E-state index in [4.69, 9.17) is 21.9 Å². The van der Waals surface area contributed by atoms with Crippen molar-refractivity contribution in [1.82, 2.24) is 10.1 Å². The summed E-state index contributed by atoms with van der Waals surface area (Å²) in [5.74, 6) is -1.25. The zero-order valence-corrected chi connectivity index (χ0v) is 11.2. The molecule has 0 atom stereocenters. The fraction of sp³-hybridized carbons (Fsp3) is 0. The number of anilines is 1. The van der Waals surface area contributed by atoms with Crippen LogP contribution >= 0.6 is 11.6 Å². The topological polar surface area (TPSA) is 64.9 Å². The van der Waals surface area contributed by atoms with E-state index in [9.17, 15) is 8.78 Å². The average Bonchev–Trinajstić information content (AvgIpc) is 2.81. The Bertz CT molecular complexity index is 799. The molecule has 2 heterocycles. The van der Waals surface area contributed by atoms with Crippen LogP contribution in [0.15, 0.2) is 41.2 Å². The van der Waals surface area contributed by atoms with Crippen LogP contribution in [0.25, 0.3) is 22.4 Å². The van der Waals surface area contributed by atoms with E-state index < -0.39 is 11.6 Å². The van der Waals surface area contributed by atoms with E-state index in [0.717, 1.165) is 6.20 Å². The molecule has 0 amide bonds. The summed E-state index contributed by atoms with van der Waals surface area (Å²) in [6.45, 7) is 0. The SMILES string of the molecule is Nc1onc(-c2cncc(F)c2)c1-c1c(F)cccc1Cl. The smallest absolute Gasteiger partial charge is 0.230 e. The predicted octanol–water partition coefficient (Wildman–Crippen LogP) is 3.92. The third kappa shape index (κ3) is 2.34. The highest BCUT2D eigenvalue weighted by Crippen LogP contribution is 2.40. The lowest BCUT2D eigenvalue weighted by atomic mass is 10.0. The fourth-order valence-electron chi connectivity index (χ4n) is 2.02. The highest BCUT2D eigenvalue weighted by molar-refractivity contribution is 6.33. The van der Waals surface area contributed by atoms with Gasteiger partial charge in [-0.2, -0.15) is 0 Å². The second-order valence-corrected chi connectivity index (χ2v) is 4.67. The van der Waals surface area contributed by atoms with E-state index in [-0.39, 0.29) is 27.7 Å². The zero-order valence-electron chi connectivity index (χ0n) is 10.5. The Kier molecular flexibility index (Phi) is 3.31. The third-order valence-electron chi connectivity index (χ3n) is 2.91. The van der Waals surface area contributed by atoms with E-state index in [1.807, 2.05) is 0 Å². The quantitative estimate of drug-likeness (QED) is 0.779. The Morgan fingerprint density at radius 2 is 1.95 bits per heavy atom. The maximum atomic E-state index is 14.1. The Balaban J connectivity index is 2.28. The molecule has 0 spiro atoms. The molecule has 0 radical (unpaired) electrons. The minimum Gasteiger partial charge on any atom is -0.367 e. The molecule has 1 aromatic carbocycles. The van der Waals surface area contributed by atoms with Crippen molar-refractivity contribution < 1.29 is 13.3 Å². The number of aromatic nitrogens is 2. The number of hydrogen-bond acceptors (Lipinski definition) is 4. The summed E-state index contributed by atoms with van der Waals surface area (Å²) in [6.07, 6.45) is 2.42. The van der Waals surface area contributed by atoms with Gasteiger partial charge in [0.25, 0.3) is 0 Å². The van der Waals surface area contributed by atoms with Gasteiger partial charge in [0.1, 0.15) is 17.3 Å². The number of pyridine rings is 1. The lowest BCUT2D eigenvalue weighted by Gasteiger charge is -2.06. The molecule has 3 aromatic rings. The lowest BCUT2D eigenvalue weighted by molar-refractivity contribution is 0.439. The van der Waals surface area contributed by atoms with Gasteiger partial charge in [-0.3, -0.25) is 4.98 Å². The minimum absolute atomic E-state index is 0.0529. The van der Waals surface area contributed by atoms with Crippen LogP contribution in [0.1, 0.15) is 0 Å². The zero-order chi connectivity index (χ0) is 15.0. The maximum Gasteiger partial charge on any atom is 0.230 e. The Morgan fingerprint density at radius 3 is 2.67 bits per heavy atom. The Hall–Kier alpha value is -2.47. The van der Waals surface area contributed by atoms with Gasteiger partial charge in [-0.25, -0.2) is 8.78 Å². The maximum absolute atomic E-state index is 14.1. The molecule has 2 N–H and O–H groups in total. The van der Waals surface area contributed by atoms with Crippen molar-refractivity contribution in [2.75, 3.05) is 5.73 Å². The van der Waals surface area contributed by atoms with Gasteiger partial charge in [0.15, 0.2) is 0 Å². The first-order valence-electron chi connectivity index (χ1n) is 5.88. The van der Waals surface area contributed by atoms with Gasteiger partial charge in [0.2, 0.25) is 5.88 Å². The van der Waals surface area contributed by atoms with Crippen LogP contribution in [0.5, 0.6) is 0 Å². The van der Waals surface area contributed by atoms with Crippen LogP contribution < -0.4 is 5.73 Å². The second kappa shape index (κ2) is 5.14. The number of nitrogens with two attached hydrogens (primary N) is 1. The highest BCUT2D eigenvalue weighted by Gasteiger charge is 2.23. The van der Waals surface area contributed by atoms with Crippen molar-refractivity contribution >= 4 is 17.5 Å². The molecule has 0 aliphatic heterocycles. The van der Waals surface area contributed by atoms with E-state index in [1.54, 1.807) is 0 Å². The fourth-order valence-corrected chi connectivity index (χ4v) is 2.28.